The summed E-state index contributed by atoms with van der Waals surface area (Å²) in [6, 6.07) is 17.5. The highest BCUT2D eigenvalue weighted by atomic mass is 16.5. The summed E-state index contributed by atoms with van der Waals surface area (Å²) >= 11 is 0. The predicted molar refractivity (Wildman–Crippen MR) is 113 cm³/mol. The molecule has 2 saturated heterocycles. The molecule has 0 aromatic heterocycles. The third kappa shape index (κ3) is 3.83. The number of hydrogen-bond acceptors (Lipinski definition) is 3. The van der Waals surface area contributed by atoms with Gasteiger partial charge in [0, 0.05) is 31.3 Å². The SMILES string of the molecule is C=CC(=O)N(C)c1ccc(C(=O)N2CCC[C@@H]3O[C@H](c4ccccc4)C[C@@H]32)cc1. The first-order valence-electron chi connectivity index (χ1n) is 10.1. The number of likely N-dealkylation sites (tertiary alicyclic amines) is 1. The number of rotatable bonds is 4. The monoisotopic (exact) mass is 390 g/mol. The molecule has 2 aliphatic rings. The second-order valence-corrected chi connectivity index (χ2v) is 7.67. The summed E-state index contributed by atoms with van der Waals surface area (Å²) in [6.45, 7) is 4.26. The van der Waals surface area contributed by atoms with Crippen molar-refractivity contribution in [1.82, 2.24) is 4.90 Å². The number of hydrogen-bond donors (Lipinski definition) is 0. The quantitative estimate of drug-likeness (QED) is 0.743. The van der Waals surface area contributed by atoms with Gasteiger partial charge in [-0.1, -0.05) is 36.9 Å². The van der Waals surface area contributed by atoms with Crippen molar-refractivity contribution < 1.29 is 14.3 Å². The molecule has 4 rings (SSSR count). The van der Waals surface area contributed by atoms with E-state index in [1.54, 1.807) is 31.3 Å². The summed E-state index contributed by atoms with van der Waals surface area (Å²) in [5, 5.41) is 0. The second-order valence-electron chi connectivity index (χ2n) is 7.67. The molecule has 0 unspecified atom stereocenters. The number of piperidine rings is 1. The van der Waals surface area contributed by atoms with E-state index in [-0.39, 0.29) is 30.1 Å². The number of benzene rings is 2. The third-order valence-corrected chi connectivity index (χ3v) is 5.95. The van der Waals surface area contributed by atoms with Gasteiger partial charge in [0.25, 0.3) is 5.91 Å². The Balaban J connectivity index is 1.50. The first kappa shape index (κ1) is 19.4. The fraction of sp³-hybridized carbons (Fsp3) is 0.333. The molecule has 2 aromatic rings. The largest absolute Gasteiger partial charge is 0.368 e. The van der Waals surface area contributed by atoms with Gasteiger partial charge in [0.15, 0.2) is 0 Å². The van der Waals surface area contributed by atoms with Crippen LogP contribution in [0.5, 0.6) is 0 Å². The minimum Gasteiger partial charge on any atom is -0.368 e. The summed E-state index contributed by atoms with van der Waals surface area (Å²) in [5.41, 5.74) is 2.54. The van der Waals surface area contributed by atoms with Crippen molar-refractivity contribution in [3.8, 4) is 0 Å². The summed E-state index contributed by atoms with van der Waals surface area (Å²) in [4.78, 5) is 28.5. The van der Waals surface area contributed by atoms with Crippen molar-refractivity contribution in [2.24, 2.45) is 0 Å². The van der Waals surface area contributed by atoms with Crippen molar-refractivity contribution in [2.45, 2.75) is 37.5 Å². The van der Waals surface area contributed by atoms with E-state index >= 15 is 0 Å². The standard InChI is InChI=1S/C24H26N2O3/c1-3-23(27)25(2)19-13-11-18(12-14-19)24(28)26-15-7-10-21-20(26)16-22(29-21)17-8-5-4-6-9-17/h3-6,8-9,11-14,20-22H,1,7,10,15-16H2,2H3/t20-,21-,22-/m0/s1. The lowest BCUT2D eigenvalue weighted by Crippen LogP contribution is -2.48. The Kier molecular flexibility index (Phi) is 5.49. The van der Waals surface area contributed by atoms with E-state index in [2.05, 4.69) is 18.7 Å². The van der Waals surface area contributed by atoms with Gasteiger partial charge in [-0.15, -0.1) is 0 Å². The maximum atomic E-state index is 13.2. The fourth-order valence-corrected chi connectivity index (χ4v) is 4.34. The van der Waals surface area contributed by atoms with Gasteiger partial charge in [-0.3, -0.25) is 9.59 Å². The molecule has 0 aliphatic carbocycles. The van der Waals surface area contributed by atoms with Gasteiger partial charge in [-0.05, 0) is 48.7 Å². The zero-order chi connectivity index (χ0) is 20.4. The van der Waals surface area contributed by atoms with Gasteiger partial charge in [-0.2, -0.15) is 0 Å². The summed E-state index contributed by atoms with van der Waals surface area (Å²) in [5.74, 6) is -0.153. The van der Waals surface area contributed by atoms with Crippen molar-refractivity contribution >= 4 is 17.5 Å². The average Bonchev–Trinajstić information content (AvgIpc) is 3.23. The zero-order valence-electron chi connectivity index (χ0n) is 16.7. The minimum absolute atomic E-state index is 0.0289. The van der Waals surface area contributed by atoms with Crippen LogP contribution >= 0.6 is 0 Å². The van der Waals surface area contributed by atoms with Crippen molar-refractivity contribution in [3.63, 3.8) is 0 Å². The van der Waals surface area contributed by atoms with E-state index in [1.807, 2.05) is 23.1 Å². The van der Waals surface area contributed by atoms with Crippen LogP contribution in [0.1, 0.15) is 41.3 Å². The molecule has 2 aromatic carbocycles. The number of anilines is 1. The first-order valence-corrected chi connectivity index (χ1v) is 10.1. The molecule has 0 spiro atoms. The van der Waals surface area contributed by atoms with E-state index in [1.165, 1.54) is 16.5 Å². The summed E-state index contributed by atoms with van der Waals surface area (Å²) < 4.78 is 6.31. The van der Waals surface area contributed by atoms with Crippen LogP contribution in [-0.2, 0) is 9.53 Å². The molecule has 0 radical (unpaired) electrons. The maximum absolute atomic E-state index is 13.2. The number of ether oxygens (including phenoxy) is 1. The smallest absolute Gasteiger partial charge is 0.254 e. The molecule has 150 valence electrons. The van der Waals surface area contributed by atoms with E-state index in [4.69, 9.17) is 4.74 Å². The summed E-state index contributed by atoms with van der Waals surface area (Å²) in [6.07, 6.45) is 4.17. The highest BCUT2D eigenvalue weighted by Crippen LogP contribution is 2.40. The number of carbonyl (C=O) groups is 2. The number of nitrogens with zero attached hydrogens (tertiary/aromatic N) is 2. The van der Waals surface area contributed by atoms with Crippen LogP contribution in [0.2, 0.25) is 0 Å². The van der Waals surface area contributed by atoms with Gasteiger partial charge in [0.1, 0.15) is 0 Å². The van der Waals surface area contributed by atoms with Crippen molar-refractivity contribution in [1.29, 1.82) is 0 Å². The number of likely N-dealkylation sites (N-methyl/N-ethyl adjacent to an activating group) is 1. The van der Waals surface area contributed by atoms with Crippen LogP contribution in [0, 0.1) is 0 Å². The van der Waals surface area contributed by atoms with E-state index in [0.29, 0.717) is 5.56 Å². The lowest BCUT2D eigenvalue weighted by Gasteiger charge is -2.36. The Morgan fingerprint density at radius 1 is 1.14 bits per heavy atom. The topological polar surface area (TPSA) is 49.9 Å². The second kappa shape index (κ2) is 8.21. The molecule has 0 bridgehead atoms. The van der Waals surface area contributed by atoms with Crippen LogP contribution in [-0.4, -0.2) is 42.5 Å². The molecule has 5 heteroatoms. The Morgan fingerprint density at radius 3 is 2.55 bits per heavy atom. The Bertz CT molecular complexity index is 894. The number of carbonyl (C=O) groups excluding carboxylic acids is 2. The molecule has 3 atom stereocenters. The van der Waals surface area contributed by atoms with Crippen LogP contribution in [0.15, 0.2) is 67.3 Å². The molecular weight excluding hydrogens is 364 g/mol. The van der Waals surface area contributed by atoms with Gasteiger partial charge < -0.3 is 14.5 Å². The molecule has 2 heterocycles. The Labute approximate surface area is 171 Å². The van der Waals surface area contributed by atoms with Crippen molar-refractivity contribution in [2.75, 3.05) is 18.5 Å². The van der Waals surface area contributed by atoms with E-state index in [0.717, 1.165) is 31.5 Å². The highest BCUT2D eigenvalue weighted by Gasteiger charge is 2.43. The van der Waals surface area contributed by atoms with E-state index in [9.17, 15) is 9.59 Å². The van der Waals surface area contributed by atoms with Crippen LogP contribution < -0.4 is 4.90 Å². The fourth-order valence-electron chi connectivity index (χ4n) is 4.34. The molecular formula is C24H26N2O3. The number of amides is 2. The molecule has 2 amide bonds. The molecule has 5 nitrogen and oxygen atoms in total. The summed E-state index contributed by atoms with van der Waals surface area (Å²) in [7, 11) is 1.69. The lowest BCUT2D eigenvalue weighted by atomic mass is 9.95. The average molecular weight is 390 g/mol. The lowest BCUT2D eigenvalue weighted by molar-refractivity contribution is -0.113. The Morgan fingerprint density at radius 2 is 1.86 bits per heavy atom. The highest BCUT2D eigenvalue weighted by molar-refractivity contribution is 6.01. The van der Waals surface area contributed by atoms with Crippen molar-refractivity contribution in [3.05, 3.63) is 78.4 Å². The minimum atomic E-state index is -0.182. The predicted octanol–water partition coefficient (Wildman–Crippen LogP) is 3.97. The van der Waals surface area contributed by atoms with Gasteiger partial charge >= 0.3 is 0 Å². The molecule has 2 aliphatic heterocycles. The first-order chi connectivity index (χ1) is 14.1. The maximum Gasteiger partial charge on any atom is 0.254 e. The van der Waals surface area contributed by atoms with Crippen LogP contribution in [0.25, 0.3) is 0 Å². The normalized spacial score (nSPS) is 23.3. The third-order valence-electron chi connectivity index (χ3n) is 5.95. The Hall–Kier alpha value is -2.92. The van der Waals surface area contributed by atoms with Crippen LogP contribution in [0.4, 0.5) is 5.69 Å². The number of fused-ring (bicyclic) bond motifs is 1. The molecule has 0 N–H and O–H groups in total. The van der Waals surface area contributed by atoms with Gasteiger partial charge in [0.05, 0.1) is 18.2 Å². The van der Waals surface area contributed by atoms with Gasteiger partial charge in [-0.25, -0.2) is 0 Å². The zero-order valence-corrected chi connectivity index (χ0v) is 16.7. The van der Waals surface area contributed by atoms with Crippen LogP contribution in [0.3, 0.4) is 0 Å². The van der Waals surface area contributed by atoms with Gasteiger partial charge in [0.2, 0.25) is 5.91 Å². The molecule has 0 saturated carbocycles. The van der Waals surface area contributed by atoms with E-state index < -0.39 is 0 Å². The molecule has 29 heavy (non-hydrogen) atoms. The molecule has 2 fully saturated rings.